The molecule has 1 fully saturated rings. The van der Waals surface area contributed by atoms with Crippen molar-refractivity contribution in [1.82, 2.24) is 15.2 Å². The molecular formula is C14H18N4O. The SMILES string of the molecule is Cc1nnc(N[C@@H]2CCCC[C@H]2O)c2ccncc12. The number of rotatable bonds is 2. The van der Waals surface area contributed by atoms with E-state index in [1.165, 1.54) is 0 Å². The Balaban J connectivity index is 1.94. The summed E-state index contributed by atoms with van der Waals surface area (Å²) in [6, 6.07) is 2.01. The van der Waals surface area contributed by atoms with Crippen LogP contribution in [-0.2, 0) is 0 Å². The maximum atomic E-state index is 10.0. The lowest BCUT2D eigenvalue weighted by molar-refractivity contribution is 0.116. The first-order valence-electron chi connectivity index (χ1n) is 6.77. The third-order valence-corrected chi connectivity index (χ3v) is 3.82. The third kappa shape index (κ3) is 2.38. The van der Waals surface area contributed by atoms with Gasteiger partial charge in [0.15, 0.2) is 5.82 Å². The van der Waals surface area contributed by atoms with Crippen LogP contribution in [0.5, 0.6) is 0 Å². The molecule has 0 spiro atoms. The molecule has 0 radical (unpaired) electrons. The number of nitrogens with one attached hydrogen (secondary N) is 1. The largest absolute Gasteiger partial charge is 0.391 e. The van der Waals surface area contributed by atoms with E-state index in [-0.39, 0.29) is 12.1 Å². The number of aliphatic hydroxyl groups excluding tert-OH is 1. The van der Waals surface area contributed by atoms with Gasteiger partial charge in [-0.1, -0.05) is 12.8 Å². The minimum atomic E-state index is -0.297. The summed E-state index contributed by atoms with van der Waals surface area (Å²) in [5.74, 6) is 0.744. The second kappa shape index (κ2) is 5.09. The van der Waals surface area contributed by atoms with Gasteiger partial charge in [0, 0.05) is 23.2 Å². The fraction of sp³-hybridized carbons (Fsp3) is 0.500. The molecule has 2 aromatic rings. The van der Waals surface area contributed by atoms with E-state index in [1.807, 2.05) is 19.2 Å². The summed E-state index contributed by atoms with van der Waals surface area (Å²) in [6.07, 6.45) is 7.35. The summed E-state index contributed by atoms with van der Waals surface area (Å²) in [7, 11) is 0. The Morgan fingerprint density at radius 2 is 2.05 bits per heavy atom. The summed E-state index contributed by atoms with van der Waals surface area (Å²) in [6.45, 7) is 1.93. The van der Waals surface area contributed by atoms with Gasteiger partial charge in [0.05, 0.1) is 17.8 Å². The number of nitrogens with zero attached hydrogens (tertiary/aromatic N) is 3. The predicted octanol–water partition coefficient (Wildman–Crippen LogP) is 2.05. The maximum absolute atomic E-state index is 10.0. The zero-order chi connectivity index (χ0) is 13.2. The van der Waals surface area contributed by atoms with Gasteiger partial charge < -0.3 is 10.4 Å². The Labute approximate surface area is 112 Å². The van der Waals surface area contributed by atoms with Crippen LogP contribution in [-0.4, -0.2) is 32.4 Å². The van der Waals surface area contributed by atoms with E-state index < -0.39 is 0 Å². The number of aromatic nitrogens is 3. The van der Waals surface area contributed by atoms with Gasteiger partial charge in [0.2, 0.25) is 0 Å². The minimum Gasteiger partial charge on any atom is -0.391 e. The molecule has 1 saturated carbocycles. The van der Waals surface area contributed by atoms with Gasteiger partial charge in [-0.15, -0.1) is 5.10 Å². The van der Waals surface area contributed by atoms with Crippen molar-refractivity contribution in [1.29, 1.82) is 0 Å². The van der Waals surface area contributed by atoms with Gasteiger partial charge >= 0.3 is 0 Å². The Kier molecular flexibility index (Phi) is 3.29. The van der Waals surface area contributed by atoms with E-state index in [0.29, 0.717) is 0 Å². The van der Waals surface area contributed by atoms with Crippen LogP contribution in [0.2, 0.25) is 0 Å². The summed E-state index contributed by atoms with van der Waals surface area (Å²) in [4.78, 5) is 4.13. The highest BCUT2D eigenvalue weighted by Crippen LogP contribution is 2.26. The lowest BCUT2D eigenvalue weighted by Gasteiger charge is -2.28. The molecule has 3 rings (SSSR count). The number of fused-ring (bicyclic) bond motifs is 1. The first-order chi connectivity index (χ1) is 9.25. The van der Waals surface area contributed by atoms with Crippen molar-refractivity contribution in [3.63, 3.8) is 0 Å². The summed E-state index contributed by atoms with van der Waals surface area (Å²) in [5, 5.41) is 23.8. The topological polar surface area (TPSA) is 70.9 Å². The standard InChI is InChI=1S/C14H18N4O/c1-9-11-8-15-7-6-10(11)14(18-17-9)16-12-4-2-3-5-13(12)19/h6-8,12-13,19H,2-5H2,1H3,(H,16,18)/t12-,13-/m1/s1. The van der Waals surface area contributed by atoms with Crippen molar-refractivity contribution < 1.29 is 5.11 Å². The van der Waals surface area contributed by atoms with Crippen LogP contribution in [0.1, 0.15) is 31.4 Å². The number of aliphatic hydroxyl groups is 1. The minimum absolute atomic E-state index is 0.0714. The lowest BCUT2D eigenvalue weighted by Crippen LogP contribution is -2.36. The molecule has 2 heterocycles. The van der Waals surface area contributed by atoms with E-state index in [0.717, 1.165) is 48.0 Å². The van der Waals surface area contributed by atoms with Crippen LogP contribution in [0.4, 0.5) is 5.82 Å². The van der Waals surface area contributed by atoms with E-state index in [9.17, 15) is 5.11 Å². The van der Waals surface area contributed by atoms with Crippen molar-refractivity contribution in [2.45, 2.75) is 44.8 Å². The number of anilines is 1. The lowest BCUT2D eigenvalue weighted by atomic mass is 9.92. The second-order valence-electron chi connectivity index (χ2n) is 5.16. The molecule has 1 aliphatic rings. The van der Waals surface area contributed by atoms with Gasteiger partial charge in [0.25, 0.3) is 0 Å². The van der Waals surface area contributed by atoms with Crippen molar-refractivity contribution in [3.05, 3.63) is 24.2 Å². The molecule has 2 atom stereocenters. The monoisotopic (exact) mass is 258 g/mol. The molecule has 19 heavy (non-hydrogen) atoms. The Morgan fingerprint density at radius 3 is 2.89 bits per heavy atom. The molecule has 1 aliphatic carbocycles. The zero-order valence-electron chi connectivity index (χ0n) is 11.0. The summed E-state index contributed by atoms with van der Waals surface area (Å²) in [5.41, 5.74) is 0.873. The molecule has 2 N–H and O–H groups in total. The Morgan fingerprint density at radius 1 is 1.21 bits per heavy atom. The van der Waals surface area contributed by atoms with Gasteiger partial charge in [-0.3, -0.25) is 4.98 Å². The number of hydrogen-bond donors (Lipinski definition) is 2. The number of hydrogen-bond acceptors (Lipinski definition) is 5. The Bertz CT molecular complexity index is 587. The highest BCUT2D eigenvalue weighted by molar-refractivity contribution is 5.92. The van der Waals surface area contributed by atoms with Gasteiger partial charge in [-0.05, 0) is 25.8 Å². The molecule has 0 aliphatic heterocycles. The van der Waals surface area contributed by atoms with Crippen molar-refractivity contribution in [3.8, 4) is 0 Å². The zero-order valence-corrected chi connectivity index (χ0v) is 11.0. The smallest absolute Gasteiger partial charge is 0.157 e. The highest BCUT2D eigenvalue weighted by atomic mass is 16.3. The molecule has 5 heteroatoms. The molecule has 2 aromatic heterocycles. The fourth-order valence-electron chi connectivity index (χ4n) is 2.68. The molecule has 0 aromatic carbocycles. The number of pyridine rings is 1. The van der Waals surface area contributed by atoms with Crippen LogP contribution >= 0.6 is 0 Å². The average Bonchev–Trinajstić information content (AvgIpc) is 2.44. The molecule has 0 bridgehead atoms. The van der Waals surface area contributed by atoms with E-state index in [2.05, 4.69) is 20.5 Å². The third-order valence-electron chi connectivity index (χ3n) is 3.82. The van der Waals surface area contributed by atoms with E-state index in [4.69, 9.17) is 0 Å². The fourth-order valence-corrected chi connectivity index (χ4v) is 2.68. The van der Waals surface area contributed by atoms with Crippen LogP contribution < -0.4 is 5.32 Å². The first kappa shape index (κ1) is 12.3. The van der Waals surface area contributed by atoms with E-state index in [1.54, 1.807) is 6.20 Å². The van der Waals surface area contributed by atoms with Crippen molar-refractivity contribution in [2.24, 2.45) is 0 Å². The maximum Gasteiger partial charge on any atom is 0.157 e. The van der Waals surface area contributed by atoms with Gasteiger partial charge in [-0.25, -0.2) is 0 Å². The van der Waals surface area contributed by atoms with Gasteiger partial charge in [0.1, 0.15) is 0 Å². The normalized spacial score (nSPS) is 23.5. The molecule has 100 valence electrons. The van der Waals surface area contributed by atoms with Crippen LogP contribution in [0.25, 0.3) is 10.8 Å². The summed E-state index contributed by atoms with van der Waals surface area (Å²) < 4.78 is 0. The highest BCUT2D eigenvalue weighted by Gasteiger charge is 2.23. The predicted molar refractivity (Wildman–Crippen MR) is 74.0 cm³/mol. The second-order valence-corrected chi connectivity index (χ2v) is 5.16. The van der Waals surface area contributed by atoms with Crippen LogP contribution in [0.3, 0.4) is 0 Å². The Hall–Kier alpha value is -1.75. The average molecular weight is 258 g/mol. The van der Waals surface area contributed by atoms with E-state index >= 15 is 0 Å². The van der Waals surface area contributed by atoms with Gasteiger partial charge in [-0.2, -0.15) is 5.10 Å². The number of aryl methyl sites for hydroxylation is 1. The van der Waals surface area contributed by atoms with Crippen LogP contribution in [0, 0.1) is 6.92 Å². The molecule has 0 amide bonds. The first-order valence-corrected chi connectivity index (χ1v) is 6.77. The summed E-state index contributed by atoms with van der Waals surface area (Å²) >= 11 is 0. The van der Waals surface area contributed by atoms with Crippen molar-refractivity contribution >= 4 is 16.6 Å². The molecule has 0 saturated heterocycles. The molecular weight excluding hydrogens is 240 g/mol. The quantitative estimate of drug-likeness (QED) is 0.862. The van der Waals surface area contributed by atoms with Crippen LogP contribution in [0.15, 0.2) is 18.5 Å². The molecule has 5 nitrogen and oxygen atoms in total. The molecule has 0 unspecified atom stereocenters. The van der Waals surface area contributed by atoms with Crippen molar-refractivity contribution in [2.75, 3.05) is 5.32 Å².